The number of aromatic nitrogens is 1. The van der Waals surface area contributed by atoms with Gasteiger partial charge in [-0.2, -0.15) is 13.2 Å². The Bertz CT molecular complexity index is 1510. The molecule has 0 aliphatic carbocycles. The Morgan fingerprint density at radius 2 is 1.60 bits per heavy atom. The number of fused-ring (bicyclic) bond motifs is 2. The van der Waals surface area contributed by atoms with Gasteiger partial charge in [0.1, 0.15) is 11.4 Å². The second-order valence-electron chi connectivity index (χ2n) is 12.4. The van der Waals surface area contributed by atoms with Gasteiger partial charge in [-0.25, -0.2) is 9.78 Å². The monoisotopic (exact) mass is 599 g/mol. The lowest BCUT2D eigenvalue weighted by molar-refractivity contribution is -0.192. The number of aromatic hydroxyl groups is 1. The van der Waals surface area contributed by atoms with Crippen molar-refractivity contribution in [3.63, 3.8) is 0 Å². The van der Waals surface area contributed by atoms with Crippen molar-refractivity contribution in [2.75, 3.05) is 26.2 Å². The van der Waals surface area contributed by atoms with Crippen molar-refractivity contribution in [1.29, 1.82) is 0 Å². The number of para-hydroxylation sites is 2. The number of alkyl halides is 3. The summed E-state index contributed by atoms with van der Waals surface area (Å²) in [5.74, 6) is -1.76. The van der Waals surface area contributed by atoms with Crippen LogP contribution in [0.15, 0.2) is 48.5 Å². The van der Waals surface area contributed by atoms with Crippen LogP contribution in [0.4, 0.5) is 13.2 Å². The smallest absolute Gasteiger partial charge is 0.490 e. The van der Waals surface area contributed by atoms with E-state index in [-0.39, 0.29) is 17.4 Å². The van der Waals surface area contributed by atoms with Gasteiger partial charge in [-0.15, -0.1) is 0 Å². The van der Waals surface area contributed by atoms with Gasteiger partial charge in [0.15, 0.2) is 0 Å². The van der Waals surface area contributed by atoms with E-state index in [1.54, 1.807) is 0 Å². The zero-order valence-corrected chi connectivity index (χ0v) is 24.3. The van der Waals surface area contributed by atoms with E-state index in [9.17, 15) is 23.1 Å². The van der Waals surface area contributed by atoms with Crippen molar-refractivity contribution in [3.05, 3.63) is 65.2 Å². The third-order valence-corrected chi connectivity index (χ3v) is 8.77. The van der Waals surface area contributed by atoms with Crippen molar-refractivity contribution >= 4 is 22.8 Å². The molecule has 8 nitrogen and oxygen atoms in total. The first-order chi connectivity index (χ1) is 20.3. The zero-order chi connectivity index (χ0) is 31.0. The van der Waals surface area contributed by atoms with Crippen LogP contribution in [0.2, 0.25) is 0 Å². The number of benzene rings is 2. The molecular weight excluding hydrogens is 563 g/mol. The van der Waals surface area contributed by atoms with Gasteiger partial charge in [-0.1, -0.05) is 36.4 Å². The lowest BCUT2D eigenvalue weighted by Gasteiger charge is -2.47. The molecule has 0 atom stereocenters. The number of carbonyl (C=O) groups is 2. The summed E-state index contributed by atoms with van der Waals surface area (Å²) >= 11 is 0. The van der Waals surface area contributed by atoms with Crippen LogP contribution in [0.1, 0.15) is 61.0 Å². The molecule has 3 aliphatic rings. The molecule has 4 heterocycles. The molecule has 2 aromatic carbocycles. The number of rotatable bonds is 3. The number of piperidine rings is 2. The van der Waals surface area contributed by atoms with E-state index in [0.29, 0.717) is 16.5 Å². The standard InChI is InChI=1S/C30H35N3O3.C2HF3O2/c1-29(2)19-21-6-5-7-22(27(21)36-29)20-32-14-10-30(11-15-32)12-16-33(17-13-30)28(35)24-18-26(34)31-25-9-4-3-8-23(24)25;3-2(4,5)1(6)7/h3-9,18H,10-17,19-20H2,1-2H3,(H,31,34);(H,6,7). The third-order valence-electron chi connectivity index (χ3n) is 8.77. The molecule has 43 heavy (non-hydrogen) atoms. The van der Waals surface area contributed by atoms with Gasteiger partial charge >= 0.3 is 12.1 Å². The summed E-state index contributed by atoms with van der Waals surface area (Å²) < 4.78 is 38.0. The molecule has 2 saturated heterocycles. The Morgan fingerprint density at radius 1 is 0.977 bits per heavy atom. The van der Waals surface area contributed by atoms with E-state index >= 15 is 0 Å². The highest BCUT2D eigenvalue weighted by Crippen LogP contribution is 2.43. The highest BCUT2D eigenvalue weighted by atomic mass is 19.4. The second kappa shape index (κ2) is 11.7. The van der Waals surface area contributed by atoms with Gasteiger partial charge in [-0.05, 0) is 69.7 Å². The molecule has 1 amide bonds. The van der Waals surface area contributed by atoms with Gasteiger partial charge < -0.3 is 19.8 Å². The molecular formula is C32H36F3N3O5. The summed E-state index contributed by atoms with van der Waals surface area (Å²) in [6, 6.07) is 15.6. The fourth-order valence-corrected chi connectivity index (χ4v) is 6.42. The number of likely N-dealkylation sites (tertiary alicyclic amines) is 2. The largest absolute Gasteiger partial charge is 0.493 e. The Labute approximate surface area is 248 Å². The van der Waals surface area contributed by atoms with Crippen molar-refractivity contribution < 1.29 is 37.7 Å². The van der Waals surface area contributed by atoms with Crippen LogP contribution in [0, 0.1) is 5.41 Å². The quantitative estimate of drug-likeness (QED) is 0.392. The summed E-state index contributed by atoms with van der Waals surface area (Å²) in [6.07, 6.45) is 0.327. The number of amides is 1. The molecule has 1 aromatic heterocycles. The molecule has 11 heteroatoms. The first kappa shape index (κ1) is 30.6. The minimum Gasteiger partial charge on any atom is -0.493 e. The average molecular weight is 600 g/mol. The molecule has 1 spiro atoms. The van der Waals surface area contributed by atoms with Gasteiger partial charge in [0, 0.05) is 43.1 Å². The van der Waals surface area contributed by atoms with Crippen LogP contribution in [-0.2, 0) is 17.8 Å². The maximum atomic E-state index is 13.4. The molecule has 0 bridgehead atoms. The number of pyridine rings is 1. The topological polar surface area (TPSA) is 103 Å². The van der Waals surface area contributed by atoms with Crippen LogP contribution >= 0.6 is 0 Å². The van der Waals surface area contributed by atoms with E-state index in [4.69, 9.17) is 14.6 Å². The summed E-state index contributed by atoms with van der Waals surface area (Å²) in [5, 5.41) is 18.0. The molecule has 2 N–H and O–H groups in total. The minimum absolute atomic E-state index is 0.00274. The molecule has 0 saturated carbocycles. The van der Waals surface area contributed by atoms with Crippen molar-refractivity contribution in [2.45, 2.75) is 64.3 Å². The van der Waals surface area contributed by atoms with Gasteiger partial charge in [0.05, 0.1) is 11.1 Å². The predicted octanol–water partition coefficient (Wildman–Crippen LogP) is 5.81. The lowest BCUT2D eigenvalue weighted by Crippen LogP contribution is -2.48. The van der Waals surface area contributed by atoms with Crippen LogP contribution in [0.3, 0.4) is 0 Å². The number of carboxylic acid groups (broad SMARTS) is 1. The Hall–Kier alpha value is -3.86. The number of aliphatic carboxylic acids is 1. The first-order valence-electron chi connectivity index (χ1n) is 14.5. The summed E-state index contributed by atoms with van der Waals surface area (Å²) in [6.45, 7) is 8.99. The van der Waals surface area contributed by atoms with E-state index in [2.05, 4.69) is 41.9 Å². The number of halogens is 3. The van der Waals surface area contributed by atoms with Gasteiger partial charge in [-0.3, -0.25) is 9.69 Å². The molecule has 0 radical (unpaired) electrons. The maximum Gasteiger partial charge on any atom is 0.490 e. The predicted molar refractivity (Wildman–Crippen MR) is 154 cm³/mol. The first-order valence-corrected chi connectivity index (χ1v) is 14.5. The second-order valence-corrected chi connectivity index (χ2v) is 12.4. The van der Waals surface area contributed by atoms with Crippen LogP contribution in [-0.4, -0.2) is 74.8 Å². The maximum absolute atomic E-state index is 13.4. The lowest BCUT2D eigenvalue weighted by atomic mass is 9.71. The zero-order valence-electron chi connectivity index (χ0n) is 24.3. The molecule has 230 valence electrons. The number of carboxylic acids is 1. The summed E-state index contributed by atoms with van der Waals surface area (Å²) in [7, 11) is 0. The van der Waals surface area contributed by atoms with Gasteiger partial charge in [0.2, 0.25) is 5.88 Å². The van der Waals surface area contributed by atoms with Crippen molar-refractivity contribution in [3.8, 4) is 11.6 Å². The van der Waals surface area contributed by atoms with Crippen molar-refractivity contribution in [1.82, 2.24) is 14.8 Å². The minimum atomic E-state index is -5.08. The van der Waals surface area contributed by atoms with E-state index in [1.807, 2.05) is 29.2 Å². The van der Waals surface area contributed by atoms with E-state index in [1.165, 1.54) is 30.0 Å². The highest BCUT2D eigenvalue weighted by molar-refractivity contribution is 6.06. The average Bonchev–Trinajstić information content (AvgIpc) is 3.28. The van der Waals surface area contributed by atoms with Crippen LogP contribution < -0.4 is 4.74 Å². The molecule has 2 fully saturated rings. The number of hydrogen-bond donors (Lipinski definition) is 2. The molecule has 3 aliphatic heterocycles. The summed E-state index contributed by atoms with van der Waals surface area (Å²) in [4.78, 5) is 31.0. The van der Waals surface area contributed by atoms with E-state index in [0.717, 1.165) is 63.1 Å². The fourth-order valence-electron chi connectivity index (χ4n) is 6.42. The summed E-state index contributed by atoms with van der Waals surface area (Å²) in [5.41, 5.74) is 4.05. The van der Waals surface area contributed by atoms with E-state index < -0.39 is 12.1 Å². The number of nitrogens with zero attached hydrogens (tertiary/aromatic N) is 3. The highest BCUT2D eigenvalue weighted by Gasteiger charge is 2.40. The molecule has 0 unspecified atom stereocenters. The van der Waals surface area contributed by atoms with Crippen molar-refractivity contribution in [2.24, 2.45) is 5.41 Å². The van der Waals surface area contributed by atoms with Crippen LogP contribution in [0.5, 0.6) is 11.6 Å². The molecule has 3 aromatic rings. The fraction of sp³-hybridized carbons (Fsp3) is 0.469. The normalized spacial score (nSPS) is 19.3. The molecule has 6 rings (SSSR count). The third kappa shape index (κ3) is 6.87. The van der Waals surface area contributed by atoms with Crippen LogP contribution in [0.25, 0.3) is 10.9 Å². The number of ether oxygens (including phenoxy) is 1. The Balaban J connectivity index is 0.000000472. The number of carbonyl (C=O) groups excluding carboxylic acids is 1. The number of hydrogen-bond acceptors (Lipinski definition) is 6. The van der Waals surface area contributed by atoms with Gasteiger partial charge in [0.25, 0.3) is 5.91 Å². The Morgan fingerprint density at radius 3 is 2.26 bits per heavy atom. The Kier molecular flexibility index (Phi) is 8.30. The SMILES string of the molecule is CC1(C)Cc2cccc(CN3CCC4(CC3)CCN(C(=O)c3cc(O)nc5ccccc35)CC4)c2O1.O=C(O)C(F)(F)F.